The van der Waals surface area contributed by atoms with Crippen LogP contribution in [0.3, 0.4) is 0 Å². The van der Waals surface area contributed by atoms with Gasteiger partial charge in [-0.2, -0.15) is 0 Å². The van der Waals surface area contributed by atoms with Crippen molar-refractivity contribution >= 4 is 38.9 Å². The first kappa shape index (κ1) is 9.48. The van der Waals surface area contributed by atoms with Gasteiger partial charge in [0, 0.05) is 9.35 Å². The smallest absolute Gasteiger partial charge is 0.107 e. The zero-order valence-corrected chi connectivity index (χ0v) is 8.71. The van der Waals surface area contributed by atoms with Gasteiger partial charge in [0.25, 0.3) is 0 Å². The fourth-order valence-electron chi connectivity index (χ4n) is 0.636. The molecule has 2 nitrogen and oxygen atoms in total. The fourth-order valence-corrected chi connectivity index (χ4v) is 2.36. The van der Waals surface area contributed by atoms with Gasteiger partial charge in [0.2, 0.25) is 0 Å². The second kappa shape index (κ2) is 3.87. The van der Waals surface area contributed by atoms with Crippen molar-refractivity contribution in [3.8, 4) is 0 Å². The van der Waals surface area contributed by atoms with Crippen molar-refractivity contribution in [2.45, 2.75) is 6.04 Å². The summed E-state index contributed by atoms with van der Waals surface area (Å²) < 4.78 is 1.51. The molecule has 0 saturated carbocycles. The summed E-state index contributed by atoms with van der Waals surface area (Å²) in [4.78, 5) is 0.893. The standard InChI is InChI=1S/C6H7BrClNOS/c7-3-1-5(4(9)2-10)11-6(3)8/h1,4,10H,2,9H2. The van der Waals surface area contributed by atoms with E-state index in [9.17, 15) is 0 Å². The summed E-state index contributed by atoms with van der Waals surface area (Å²) in [5.41, 5.74) is 5.56. The molecule has 0 aliphatic carbocycles. The highest BCUT2D eigenvalue weighted by molar-refractivity contribution is 9.10. The molecule has 0 spiro atoms. The van der Waals surface area contributed by atoms with Gasteiger partial charge in [-0.05, 0) is 22.0 Å². The van der Waals surface area contributed by atoms with Crippen LogP contribution in [0.1, 0.15) is 10.9 Å². The maximum atomic E-state index is 8.71. The summed E-state index contributed by atoms with van der Waals surface area (Å²) in [5.74, 6) is 0. The van der Waals surface area contributed by atoms with Crippen molar-refractivity contribution in [1.29, 1.82) is 0 Å². The molecule has 1 aromatic heterocycles. The van der Waals surface area contributed by atoms with E-state index in [0.717, 1.165) is 9.35 Å². The van der Waals surface area contributed by atoms with E-state index in [0.29, 0.717) is 4.34 Å². The third-order valence-corrected chi connectivity index (χ3v) is 3.83. The normalized spacial score (nSPS) is 13.5. The molecule has 0 aliphatic rings. The highest BCUT2D eigenvalue weighted by atomic mass is 79.9. The molecule has 0 saturated heterocycles. The molecule has 5 heteroatoms. The van der Waals surface area contributed by atoms with E-state index in [2.05, 4.69) is 15.9 Å². The lowest BCUT2D eigenvalue weighted by Crippen LogP contribution is -2.12. The van der Waals surface area contributed by atoms with Gasteiger partial charge in [0.15, 0.2) is 0 Å². The molecule has 0 aromatic carbocycles. The Morgan fingerprint density at radius 1 is 1.82 bits per heavy atom. The van der Waals surface area contributed by atoms with Gasteiger partial charge >= 0.3 is 0 Å². The van der Waals surface area contributed by atoms with Crippen LogP contribution in [0.2, 0.25) is 4.34 Å². The third-order valence-electron chi connectivity index (χ3n) is 1.23. The van der Waals surface area contributed by atoms with Crippen LogP contribution in [-0.4, -0.2) is 11.7 Å². The van der Waals surface area contributed by atoms with Crippen LogP contribution in [0, 0.1) is 0 Å². The zero-order chi connectivity index (χ0) is 8.43. The molecule has 0 aliphatic heterocycles. The van der Waals surface area contributed by atoms with E-state index < -0.39 is 0 Å². The third kappa shape index (κ3) is 2.16. The first-order chi connectivity index (χ1) is 5.15. The highest BCUT2D eigenvalue weighted by Gasteiger charge is 2.10. The highest BCUT2D eigenvalue weighted by Crippen LogP contribution is 2.34. The zero-order valence-electron chi connectivity index (χ0n) is 5.55. The summed E-state index contributed by atoms with van der Waals surface area (Å²) in [5, 5.41) is 8.71. The van der Waals surface area contributed by atoms with Crippen molar-refractivity contribution in [3.63, 3.8) is 0 Å². The number of aliphatic hydroxyl groups excluding tert-OH is 1. The maximum absolute atomic E-state index is 8.71. The molecule has 1 aromatic rings. The first-order valence-corrected chi connectivity index (χ1v) is 4.95. The topological polar surface area (TPSA) is 46.2 Å². The van der Waals surface area contributed by atoms with Crippen LogP contribution < -0.4 is 5.73 Å². The molecule has 0 radical (unpaired) electrons. The number of halogens is 2. The van der Waals surface area contributed by atoms with E-state index in [4.69, 9.17) is 22.4 Å². The van der Waals surface area contributed by atoms with Gasteiger partial charge in [-0.25, -0.2) is 0 Å². The van der Waals surface area contributed by atoms with Crippen molar-refractivity contribution < 1.29 is 5.11 Å². The molecule has 0 bridgehead atoms. The molecular weight excluding hydrogens is 249 g/mol. The van der Waals surface area contributed by atoms with Crippen LogP contribution in [0.4, 0.5) is 0 Å². The Balaban J connectivity index is 2.88. The molecule has 1 rings (SSSR count). The summed E-state index contributed by atoms with van der Waals surface area (Å²) in [6, 6.07) is 1.51. The largest absolute Gasteiger partial charge is 0.394 e. The number of aliphatic hydroxyl groups is 1. The number of rotatable bonds is 2. The molecule has 62 valence electrons. The van der Waals surface area contributed by atoms with Gasteiger partial charge in [-0.1, -0.05) is 11.6 Å². The van der Waals surface area contributed by atoms with Crippen LogP contribution >= 0.6 is 38.9 Å². The van der Waals surface area contributed by atoms with Gasteiger partial charge in [0.1, 0.15) is 4.34 Å². The van der Waals surface area contributed by atoms with Gasteiger partial charge in [-0.3, -0.25) is 0 Å². The predicted molar refractivity (Wildman–Crippen MR) is 51.0 cm³/mol. The van der Waals surface area contributed by atoms with E-state index in [1.807, 2.05) is 6.07 Å². The number of hydrogen-bond donors (Lipinski definition) is 2. The Morgan fingerprint density at radius 3 is 2.82 bits per heavy atom. The summed E-state index contributed by atoms with van der Waals surface area (Å²) in [7, 11) is 0. The fraction of sp³-hybridized carbons (Fsp3) is 0.333. The number of nitrogens with two attached hydrogens (primary N) is 1. The van der Waals surface area contributed by atoms with E-state index in [-0.39, 0.29) is 12.6 Å². The average Bonchev–Trinajstić information content (AvgIpc) is 2.31. The molecular formula is C6H7BrClNOS. The minimum absolute atomic E-state index is 0.0523. The molecule has 0 amide bonds. The van der Waals surface area contributed by atoms with Crippen LogP contribution in [0.25, 0.3) is 0 Å². The Bertz CT molecular complexity index is 233. The monoisotopic (exact) mass is 255 g/mol. The number of hydrogen-bond acceptors (Lipinski definition) is 3. The number of thiophene rings is 1. The van der Waals surface area contributed by atoms with Gasteiger partial charge in [-0.15, -0.1) is 11.3 Å². The Morgan fingerprint density at radius 2 is 2.45 bits per heavy atom. The summed E-state index contributed by atoms with van der Waals surface area (Å²) in [6.45, 7) is -0.0523. The van der Waals surface area contributed by atoms with Crippen molar-refractivity contribution in [2.75, 3.05) is 6.61 Å². The maximum Gasteiger partial charge on any atom is 0.107 e. The molecule has 1 heterocycles. The Labute approximate surface area is 82.1 Å². The lowest BCUT2D eigenvalue weighted by atomic mass is 10.3. The lowest BCUT2D eigenvalue weighted by Gasteiger charge is -2.02. The quantitative estimate of drug-likeness (QED) is 0.852. The van der Waals surface area contributed by atoms with Gasteiger partial charge in [0.05, 0.1) is 12.6 Å². The SMILES string of the molecule is NC(CO)c1cc(Br)c(Cl)s1. The van der Waals surface area contributed by atoms with Crippen LogP contribution in [-0.2, 0) is 0 Å². The molecule has 1 atom stereocenters. The molecule has 0 fully saturated rings. The van der Waals surface area contributed by atoms with Crippen LogP contribution in [0.15, 0.2) is 10.5 Å². The van der Waals surface area contributed by atoms with Gasteiger partial charge < -0.3 is 10.8 Å². The Hall–Kier alpha value is 0.390. The minimum Gasteiger partial charge on any atom is -0.394 e. The Kier molecular flexibility index (Phi) is 3.33. The molecule has 3 N–H and O–H groups in total. The summed E-state index contributed by atoms with van der Waals surface area (Å²) >= 11 is 10.4. The second-order valence-corrected chi connectivity index (χ2v) is 4.60. The van der Waals surface area contributed by atoms with Crippen molar-refractivity contribution in [3.05, 3.63) is 19.8 Å². The van der Waals surface area contributed by atoms with Crippen molar-refractivity contribution in [1.82, 2.24) is 0 Å². The molecule has 1 unspecified atom stereocenters. The lowest BCUT2D eigenvalue weighted by molar-refractivity contribution is 0.269. The summed E-state index contributed by atoms with van der Waals surface area (Å²) in [6.07, 6.45) is 0. The predicted octanol–water partition coefficient (Wildman–Crippen LogP) is 2.16. The first-order valence-electron chi connectivity index (χ1n) is 2.96. The minimum atomic E-state index is -0.316. The van der Waals surface area contributed by atoms with E-state index >= 15 is 0 Å². The van der Waals surface area contributed by atoms with E-state index in [1.54, 1.807) is 0 Å². The molecule has 11 heavy (non-hydrogen) atoms. The average molecular weight is 257 g/mol. The van der Waals surface area contributed by atoms with Crippen LogP contribution in [0.5, 0.6) is 0 Å². The van der Waals surface area contributed by atoms with E-state index in [1.165, 1.54) is 11.3 Å². The second-order valence-electron chi connectivity index (χ2n) is 2.06. The van der Waals surface area contributed by atoms with Crippen molar-refractivity contribution in [2.24, 2.45) is 5.73 Å².